The largest absolute Gasteiger partial charge is 0.351 e. The van der Waals surface area contributed by atoms with E-state index >= 15 is 0 Å². The highest BCUT2D eigenvalue weighted by Crippen LogP contribution is 2.21. The van der Waals surface area contributed by atoms with Crippen molar-refractivity contribution in [3.05, 3.63) is 65.7 Å². The summed E-state index contributed by atoms with van der Waals surface area (Å²) in [7, 11) is 0. The first-order chi connectivity index (χ1) is 10.7. The van der Waals surface area contributed by atoms with Crippen LogP contribution in [0.1, 0.15) is 23.6 Å². The van der Waals surface area contributed by atoms with Crippen LogP contribution in [0.4, 0.5) is 4.39 Å². The van der Waals surface area contributed by atoms with Crippen LogP contribution in [-0.4, -0.2) is 16.9 Å². The van der Waals surface area contributed by atoms with Crippen molar-refractivity contribution < 1.29 is 9.18 Å². The first kappa shape index (κ1) is 14.6. The Bertz CT molecular complexity index is 632. The Morgan fingerprint density at radius 1 is 1.27 bits per heavy atom. The number of aromatic nitrogens is 1. The standard InChI is InChI=1S/C16H17FN4O/c17-13-5-3-11(4-6-13)9-19-16(22)15-8-14(20-21-15)12-2-1-7-18-10-12/h1-7,10,14-15,20-21H,8-9H2,(H,19,22). The summed E-state index contributed by atoms with van der Waals surface area (Å²) in [5, 5.41) is 2.85. The highest BCUT2D eigenvalue weighted by atomic mass is 19.1. The summed E-state index contributed by atoms with van der Waals surface area (Å²) in [4.78, 5) is 16.2. The van der Waals surface area contributed by atoms with E-state index in [-0.39, 0.29) is 23.8 Å². The Kier molecular flexibility index (Phi) is 4.41. The fourth-order valence-electron chi connectivity index (χ4n) is 2.44. The van der Waals surface area contributed by atoms with E-state index in [0.717, 1.165) is 11.1 Å². The number of hydrogen-bond donors (Lipinski definition) is 3. The third-order valence-corrected chi connectivity index (χ3v) is 3.69. The molecule has 2 atom stereocenters. The maximum Gasteiger partial charge on any atom is 0.238 e. The molecule has 1 aliphatic rings. The zero-order valence-electron chi connectivity index (χ0n) is 11.9. The van der Waals surface area contributed by atoms with Crippen molar-refractivity contribution in [3.8, 4) is 0 Å². The van der Waals surface area contributed by atoms with Gasteiger partial charge in [-0.3, -0.25) is 9.78 Å². The van der Waals surface area contributed by atoms with Gasteiger partial charge in [-0.2, -0.15) is 0 Å². The molecule has 1 aliphatic heterocycles. The zero-order chi connectivity index (χ0) is 15.4. The predicted octanol–water partition coefficient (Wildman–Crippen LogP) is 1.44. The molecule has 1 aromatic carbocycles. The van der Waals surface area contributed by atoms with E-state index in [0.29, 0.717) is 13.0 Å². The summed E-state index contributed by atoms with van der Waals surface area (Å²) >= 11 is 0. The third-order valence-electron chi connectivity index (χ3n) is 3.69. The van der Waals surface area contributed by atoms with E-state index in [1.807, 2.05) is 12.1 Å². The van der Waals surface area contributed by atoms with E-state index in [1.54, 1.807) is 24.5 Å². The van der Waals surface area contributed by atoms with E-state index in [4.69, 9.17) is 0 Å². The maximum absolute atomic E-state index is 12.8. The molecular formula is C16H17FN4O. The topological polar surface area (TPSA) is 66.0 Å². The van der Waals surface area contributed by atoms with Gasteiger partial charge in [-0.25, -0.2) is 15.2 Å². The molecule has 1 amide bonds. The average Bonchev–Trinajstić information content (AvgIpc) is 3.05. The van der Waals surface area contributed by atoms with Crippen LogP contribution < -0.4 is 16.2 Å². The normalized spacial score (nSPS) is 20.8. The molecule has 3 N–H and O–H groups in total. The first-order valence-corrected chi connectivity index (χ1v) is 7.15. The Balaban J connectivity index is 1.52. The molecule has 2 aromatic rings. The van der Waals surface area contributed by atoms with Gasteiger partial charge in [0.2, 0.25) is 5.91 Å². The number of carbonyl (C=O) groups excluding carboxylic acids is 1. The number of rotatable bonds is 4. The lowest BCUT2D eigenvalue weighted by Gasteiger charge is -2.10. The molecule has 0 spiro atoms. The molecule has 22 heavy (non-hydrogen) atoms. The minimum absolute atomic E-state index is 0.0651. The highest BCUT2D eigenvalue weighted by molar-refractivity contribution is 5.82. The van der Waals surface area contributed by atoms with Crippen molar-refractivity contribution in [1.29, 1.82) is 0 Å². The highest BCUT2D eigenvalue weighted by Gasteiger charge is 2.29. The lowest BCUT2D eigenvalue weighted by atomic mass is 10.0. The Labute approximate surface area is 127 Å². The molecule has 2 heterocycles. The number of benzene rings is 1. The molecule has 1 saturated heterocycles. The fourth-order valence-corrected chi connectivity index (χ4v) is 2.44. The number of nitrogens with one attached hydrogen (secondary N) is 3. The second-order valence-corrected chi connectivity index (χ2v) is 5.26. The van der Waals surface area contributed by atoms with Crippen molar-refractivity contribution >= 4 is 5.91 Å². The lowest BCUT2D eigenvalue weighted by molar-refractivity contribution is -0.123. The molecule has 5 nitrogen and oxygen atoms in total. The summed E-state index contributed by atoms with van der Waals surface area (Å²) < 4.78 is 12.8. The van der Waals surface area contributed by atoms with E-state index in [9.17, 15) is 9.18 Å². The summed E-state index contributed by atoms with van der Waals surface area (Å²) in [5.41, 5.74) is 8.02. The van der Waals surface area contributed by atoms with Gasteiger partial charge in [0.1, 0.15) is 11.9 Å². The van der Waals surface area contributed by atoms with Crippen LogP contribution in [-0.2, 0) is 11.3 Å². The quantitative estimate of drug-likeness (QED) is 0.799. The number of pyridine rings is 1. The van der Waals surface area contributed by atoms with Crippen LogP contribution in [0.15, 0.2) is 48.8 Å². The molecule has 1 fully saturated rings. The van der Waals surface area contributed by atoms with Crippen molar-refractivity contribution in [3.63, 3.8) is 0 Å². The molecule has 0 bridgehead atoms. The third kappa shape index (κ3) is 3.47. The molecule has 6 heteroatoms. The van der Waals surface area contributed by atoms with Gasteiger partial charge in [-0.1, -0.05) is 18.2 Å². The minimum atomic E-state index is -0.300. The van der Waals surface area contributed by atoms with Crippen LogP contribution >= 0.6 is 0 Å². The van der Waals surface area contributed by atoms with Crippen molar-refractivity contribution in [2.75, 3.05) is 0 Å². The fraction of sp³-hybridized carbons (Fsp3) is 0.250. The van der Waals surface area contributed by atoms with Crippen molar-refractivity contribution in [2.24, 2.45) is 0 Å². The summed E-state index contributed by atoms with van der Waals surface area (Å²) in [6.07, 6.45) is 4.16. The molecule has 0 radical (unpaired) electrons. The molecular weight excluding hydrogens is 283 g/mol. The van der Waals surface area contributed by atoms with Gasteiger partial charge in [-0.05, 0) is 35.7 Å². The van der Waals surface area contributed by atoms with E-state index < -0.39 is 0 Å². The van der Waals surface area contributed by atoms with Gasteiger partial charge in [0, 0.05) is 25.0 Å². The second kappa shape index (κ2) is 6.64. The lowest BCUT2D eigenvalue weighted by Crippen LogP contribution is -2.42. The van der Waals surface area contributed by atoms with Crippen LogP contribution in [0.2, 0.25) is 0 Å². The number of amides is 1. The molecule has 2 unspecified atom stereocenters. The van der Waals surface area contributed by atoms with Crippen LogP contribution in [0.3, 0.4) is 0 Å². The monoisotopic (exact) mass is 300 g/mol. The smallest absolute Gasteiger partial charge is 0.238 e. The van der Waals surface area contributed by atoms with Crippen LogP contribution in [0, 0.1) is 5.82 Å². The summed E-state index contributed by atoms with van der Waals surface area (Å²) in [6.45, 7) is 0.384. The molecule has 3 rings (SSSR count). The Morgan fingerprint density at radius 2 is 2.09 bits per heavy atom. The van der Waals surface area contributed by atoms with E-state index in [1.165, 1.54) is 12.1 Å². The van der Waals surface area contributed by atoms with E-state index in [2.05, 4.69) is 21.2 Å². The van der Waals surface area contributed by atoms with Gasteiger partial charge >= 0.3 is 0 Å². The summed E-state index contributed by atoms with van der Waals surface area (Å²) in [5.74, 6) is -0.362. The average molecular weight is 300 g/mol. The summed E-state index contributed by atoms with van der Waals surface area (Å²) in [6, 6.07) is 9.71. The SMILES string of the molecule is O=C(NCc1ccc(F)cc1)C1CC(c2cccnc2)NN1. The number of carbonyl (C=O) groups is 1. The van der Waals surface area contributed by atoms with Crippen molar-refractivity contribution in [1.82, 2.24) is 21.2 Å². The molecule has 0 aliphatic carbocycles. The Morgan fingerprint density at radius 3 is 2.82 bits per heavy atom. The predicted molar refractivity (Wildman–Crippen MR) is 79.9 cm³/mol. The van der Waals surface area contributed by atoms with Gasteiger partial charge < -0.3 is 5.32 Å². The number of hydrogen-bond acceptors (Lipinski definition) is 4. The van der Waals surface area contributed by atoms with Gasteiger partial charge in [-0.15, -0.1) is 0 Å². The number of nitrogens with zero attached hydrogens (tertiary/aromatic N) is 1. The molecule has 1 aromatic heterocycles. The van der Waals surface area contributed by atoms with Gasteiger partial charge in [0.05, 0.1) is 0 Å². The maximum atomic E-state index is 12.8. The van der Waals surface area contributed by atoms with Crippen LogP contribution in [0.5, 0.6) is 0 Å². The Hall–Kier alpha value is -2.31. The second-order valence-electron chi connectivity index (χ2n) is 5.26. The first-order valence-electron chi connectivity index (χ1n) is 7.15. The minimum Gasteiger partial charge on any atom is -0.351 e. The molecule has 0 saturated carbocycles. The van der Waals surface area contributed by atoms with Gasteiger partial charge in [0.25, 0.3) is 0 Å². The zero-order valence-corrected chi connectivity index (χ0v) is 11.9. The molecule has 114 valence electrons. The van der Waals surface area contributed by atoms with Gasteiger partial charge in [0.15, 0.2) is 0 Å². The number of hydrazine groups is 1. The van der Waals surface area contributed by atoms with Crippen molar-refractivity contribution in [2.45, 2.75) is 25.0 Å². The van der Waals surface area contributed by atoms with Crippen LogP contribution in [0.25, 0.3) is 0 Å². The number of halogens is 1.